The molecular weight excluding hydrogens is 232 g/mol. The minimum atomic E-state index is 0.719. The predicted molar refractivity (Wildman–Crippen MR) is 51.6 cm³/mol. The molecule has 0 unspecified atom stereocenters. The number of rotatable bonds is 1. The lowest BCUT2D eigenvalue weighted by atomic mass is 10.4. The van der Waals surface area contributed by atoms with E-state index in [1.807, 2.05) is 25.3 Å². The van der Waals surface area contributed by atoms with Gasteiger partial charge in [-0.05, 0) is 40.5 Å². The Balaban J connectivity index is 2.41. The van der Waals surface area contributed by atoms with Crippen molar-refractivity contribution in [2.24, 2.45) is 0 Å². The Morgan fingerprint density at radius 1 is 1.31 bits per heavy atom. The molecule has 0 amide bonds. The Hall–Kier alpha value is -1.23. The van der Waals surface area contributed by atoms with Gasteiger partial charge in [0.2, 0.25) is 0 Å². The van der Waals surface area contributed by atoms with E-state index in [0.717, 1.165) is 16.0 Å². The van der Waals surface area contributed by atoms with Crippen molar-refractivity contribution in [3.63, 3.8) is 0 Å². The minimum Gasteiger partial charge on any atom is -0.221 e. The lowest BCUT2D eigenvalue weighted by molar-refractivity contribution is 0.809. The zero-order valence-electron chi connectivity index (χ0n) is 6.98. The molecule has 0 N–H and O–H groups in total. The van der Waals surface area contributed by atoms with Gasteiger partial charge in [-0.2, -0.15) is 5.10 Å². The van der Waals surface area contributed by atoms with Crippen LogP contribution in [0.5, 0.6) is 0 Å². The maximum Gasteiger partial charge on any atom is 0.175 e. The molecular formula is C8H7BrN4. The highest BCUT2D eigenvalue weighted by molar-refractivity contribution is 9.10. The molecule has 0 aliphatic carbocycles. The van der Waals surface area contributed by atoms with E-state index in [1.165, 1.54) is 0 Å². The second-order valence-electron chi connectivity index (χ2n) is 2.68. The molecule has 0 spiro atoms. The van der Waals surface area contributed by atoms with Crippen LogP contribution in [0.1, 0.15) is 5.56 Å². The molecule has 0 saturated carbocycles. The van der Waals surface area contributed by atoms with Crippen LogP contribution in [0.4, 0.5) is 0 Å². The third kappa shape index (κ3) is 1.75. The third-order valence-electron chi connectivity index (χ3n) is 1.56. The van der Waals surface area contributed by atoms with Crippen molar-refractivity contribution in [1.29, 1.82) is 0 Å². The summed E-state index contributed by atoms with van der Waals surface area (Å²) in [6.45, 7) is 1.98. The van der Waals surface area contributed by atoms with Crippen LogP contribution >= 0.6 is 15.9 Å². The molecule has 0 radical (unpaired) electrons. The van der Waals surface area contributed by atoms with Crippen LogP contribution in [0.15, 0.2) is 29.1 Å². The molecule has 0 atom stereocenters. The fraction of sp³-hybridized carbons (Fsp3) is 0.125. The Morgan fingerprint density at radius 2 is 2.15 bits per heavy atom. The first-order chi connectivity index (χ1) is 6.25. The molecule has 13 heavy (non-hydrogen) atoms. The highest BCUT2D eigenvalue weighted by Gasteiger charge is 1.99. The van der Waals surface area contributed by atoms with Gasteiger partial charge in [-0.15, -0.1) is 10.2 Å². The SMILES string of the molecule is Cc1cnn(-c2ccc(Br)nn2)c1. The van der Waals surface area contributed by atoms with Crippen molar-refractivity contribution in [1.82, 2.24) is 20.0 Å². The fourth-order valence-electron chi connectivity index (χ4n) is 0.969. The third-order valence-corrected chi connectivity index (χ3v) is 1.99. The summed E-state index contributed by atoms with van der Waals surface area (Å²) in [4.78, 5) is 0. The molecule has 2 aromatic heterocycles. The van der Waals surface area contributed by atoms with E-state index in [4.69, 9.17) is 0 Å². The molecule has 2 heterocycles. The summed E-state index contributed by atoms with van der Waals surface area (Å²) in [7, 11) is 0. The number of nitrogens with zero attached hydrogens (tertiary/aromatic N) is 4. The molecule has 0 aromatic carbocycles. The topological polar surface area (TPSA) is 43.6 Å². The first-order valence-corrected chi connectivity index (χ1v) is 4.56. The molecule has 2 rings (SSSR count). The van der Waals surface area contributed by atoms with Gasteiger partial charge in [0.25, 0.3) is 0 Å². The highest BCUT2D eigenvalue weighted by Crippen LogP contribution is 2.07. The molecule has 2 aromatic rings. The van der Waals surface area contributed by atoms with Crippen molar-refractivity contribution in [2.75, 3.05) is 0 Å². The van der Waals surface area contributed by atoms with Crippen molar-refractivity contribution in [2.45, 2.75) is 6.92 Å². The van der Waals surface area contributed by atoms with E-state index in [9.17, 15) is 0 Å². The number of aromatic nitrogens is 4. The van der Waals surface area contributed by atoms with Crippen LogP contribution in [0.3, 0.4) is 0 Å². The molecule has 0 saturated heterocycles. The lowest BCUT2D eigenvalue weighted by Gasteiger charge is -1.97. The number of hydrogen-bond donors (Lipinski definition) is 0. The van der Waals surface area contributed by atoms with E-state index in [1.54, 1.807) is 10.9 Å². The molecule has 0 aliphatic heterocycles. The van der Waals surface area contributed by atoms with Gasteiger partial charge < -0.3 is 0 Å². The van der Waals surface area contributed by atoms with Gasteiger partial charge in [0, 0.05) is 6.20 Å². The maximum atomic E-state index is 4.11. The molecule has 0 fully saturated rings. The first-order valence-electron chi connectivity index (χ1n) is 3.76. The van der Waals surface area contributed by atoms with Crippen molar-refractivity contribution < 1.29 is 0 Å². The predicted octanol–water partition coefficient (Wildman–Crippen LogP) is 1.73. The average Bonchev–Trinajstić information content (AvgIpc) is 2.53. The van der Waals surface area contributed by atoms with Gasteiger partial charge in [0.15, 0.2) is 5.82 Å². The van der Waals surface area contributed by atoms with E-state index in [0.29, 0.717) is 0 Å². The van der Waals surface area contributed by atoms with Crippen molar-refractivity contribution in [3.8, 4) is 5.82 Å². The summed E-state index contributed by atoms with van der Waals surface area (Å²) in [6, 6.07) is 3.68. The molecule has 5 heteroatoms. The Kier molecular flexibility index (Phi) is 2.10. The normalized spacial score (nSPS) is 10.3. The quantitative estimate of drug-likeness (QED) is 0.761. The van der Waals surface area contributed by atoms with Crippen LogP contribution in [0.25, 0.3) is 5.82 Å². The monoisotopic (exact) mass is 238 g/mol. The largest absolute Gasteiger partial charge is 0.221 e. The maximum absolute atomic E-state index is 4.11. The summed E-state index contributed by atoms with van der Waals surface area (Å²) in [6.07, 6.45) is 3.68. The summed E-state index contributed by atoms with van der Waals surface area (Å²) in [5.74, 6) is 0.719. The summed E-state index contributed by atoms with van der Waals surface area (Å²) in [5, 5.41) is 12.0. The van der Waals surface area contributed by atoms with Crippen LogP contribution in [0, 0.1) is 6.92 Å². The zero-order chi connectivity index (χ0) is 9.26. The van der Waals surface area contributed by atoms with E-state index in [-0.39, 0.29) is 0 Å². The molecule has 0 bridgehead atoms. The van der Waals surface area contributed by atoms with Crippen molar-refractivity contribution >= 4 is 15.9 Å². The second kappa shape index (κ2) is 3.26. The Labute approximate surface area is 83.7 Å². The molecule has 4 nitrogen and oxygen atoms in total. The standard InChI is InChI=1S/C8H7BrN4/c1-6-4-10-13(5-6)8-3-2-7(9)11-12-8/h2-5H,1H3. The molecule has 66 valence electrons. The van der Waals surface area contributed by atoms with E-state index >= 15 is 0 Å². The second-order valence-corrected chi connectivity index (χ2v) is 3.49. The van der Waals surface area contributed by atoms with E-state index in [2.05, 4.69) is 31.2 Å². The number of aryl methyl sites for hydroxylation is 1. The van der Waals surface area contributed by atoms with Crippen LogP contribution in [-0.2, 0) is 0 Å². The first kappa shape index (κ1) is 8.37. The van der Waals surface area contributed by atoms with Gasteiger partial charge in [-0.25, -0.2) is 4.68 Å². The minimum absolute atomic E-state index is 0.719. The van der Waals surface area contributed by atoms with Gasteiger partial charge in [0.05, 0.1) is 6.20 Å². The number of halogens is 1. The van der Waals surface area contributed by atoms with E-state index < -0.39 is 0 Å². The molecule has 0 aliphatic rings. The van der Waals surface area contributed by atoms with Gasteiger partial charge in [-0.3, -0.25) is 0 Å². The van der Waals surface area contributed by atoms with Crippen LogP contribution in [0.2, 0.25) is 0 Å². The summed E-state index contributed by atoms with van der Waals surface area (Å²) in [5.41, 5.74) is 1.10. The average molecular weight is 239 g/mol. The van der Waals surface area contributed by atoms with Gasteiger partial charge >= 0.3 is 0 Å². The van der Waals surface area contributed by atoms with Gasteiger partial charge in [-0.1, -0.05) is 0 Å². The lowest BCUT2D eigenvalue weighted by Crippen LogP contribution is -1.98. The Morgan fingerprint density at radius 3 is 2.69 bits per heavy atom. The van der Waals surface area contributed by atoms with Gasteiger partial charge in [0.1, 0.15) is 4.60 Å². The highest BCUT2D eigenvalue weighted by atomic mass is 79.9. The van der Waals surface area contributed by atoms with Crippen molar-refractivity contribution in [3.05, 3.63) is 34.7 Å². The summed E-state index contributed by atoms with van der Waals surface area (Å²) < 4.78 is 2.41. The fourth-order valence-corrected chi connectivity index (χ4v) is 1.18. The summed E-state index contributed by atoms with van der Waals surface area (Å²) >= 11 is 3.22. The smallest absolute Gasteiger partial charge is 0.175 e. The zero-order valence-corrected chi connectivity index (χ0v) is 8.56. The Bertz CT molecular complexity index is 406. The van der Waals surface area contributed by atoms with Crippen LogP contribution < -0.4 is 0 Å². The number of hydrogen-bond acceptors (Lipinski definition) is 3. The van der Waals surface area contributed by atoms with Crippen LogP contribution in [-0.4, -0.2) is 20.0 Å².